The van der Waals surface area contributed by atoms with Gasteiger partial charge >= 0.3 is 5.97 Å². The average molecular weight is 226 g/mol. The lowest BCUT2D eigenvalue weighted by atomic mass is 9.85. The number of carbonyl (C=O) groups is 1. The van der Waals surface area contributed by atoms with Crippen molar-refractivity contribution in [3.05, 3.63) is 0 Å². The van der Waals surface area contributed by atoms with Crippen LogP contribution in [0.3, 0.4) is 0 Å². The molecule has 2 heteroatoms. The number of hydrogen-bond acceptors (Lipinski definition) is 2. The molecule has 0 saturated heterocycles. The van der Waals surface area contributed by atoms with E-state index in [0.717, 1.165) is 12.8 Å². The van der Waals surface area contributed by atoms with E-state index in [1.165, 1.54) is 25.7 Å². The molecular formula is C14H26O2. The van der Waals surface area contributed by atoms with Crippen LogP contribution in [0.2, 0.25) is 0 Å². The third-order valence-corrected chi connectivity index (χ3v) is 4.27. The maximum atomic E-state index is 11.9. The van der Waals surface area contributed by atoms with Gasteiger partial charge < -0.3 is 4.74 Å². The highest BCUT2D eigenvalue weighted by Crippen LogP contribution is 2.38. The number of ether oxygens (including phenoxy) is 1. The van der Waals surface area contributed by atoms with E-state index in [4.69, 9.17) is 4.74 Å². The van der Waals surface area contributed by atoms with Crippen molar-refractivity contribution in [2.75, 3.05) is 0 Å². The molecule has 0 heterocycles. The molecule has 0 N–H and O–H groups in total. The number of esters is 1. The Balaban J connectivity index is 2.61. The Morgan fingerprint density at radius 2 is 1.94 bits per heavy atom. The molecule has 2 nitrogen and oxygen atoms in total. The van der Waals surface area contributed by atoms with Gasteiger partial charge in [-0.25, -0.2) is 0 Å². The molecule has 1 aliphatic rings. The summed E-state index contributed by atoms with van der Waals surface area (Å²) >= 11 is 0. The Kier molecular flexibility index (Phi) is 4.82. The minimum absolute atomic E-state index is 0.0150. The second kappa shape index (κ2) is 5.70. The molecule has 1 saturated carbocycles. The van der Waals surface area contributed by atoms with Crippen molar-refractivity contribution in [1.29, 1.82) is 0 Å². The first-order valence-electron chi connectivity index (χ1n) is 6.76. The lowest BCUT2D eigenvalue weighted by molar-refractivity contribution is -0.169. The first-order valence-corrected chi connectivity index (χ1v) is 6.76. The summed E-state index contributed by atoms with van der Waals surface area (Å²) in [6, 6.07) is 0. The maximum Gasteiger partial charge on any atom is 0.309 e. The number of rotatable bonds is 5. The van der Waals surface area contributed by atoms with Crippen LogP contribution in [-0.2, 0) is 9.53 Å². The third kappa shape index (κ3) is 2.99. The highest BCUT2D eigenvalue weighted by atomic mass is 16.6. The Morgan fingerprint density at radius 1 is 1.38 bits per heavy atom. The first kappa shape index (κ1) is 13.5. The van der Waals surface area contributed by atoms with Crippen LogP contribution in [0.25, 0.3) is 0 Å². The van der Waals surface area contributed by atoms with Crippen molar-refractivity contribution in [3.8, 4) is 0 Å². The predicted octanol–water partition coefficient (Wildman–Crippen LogP) is 3.93. The monoisotopic (exact) mass is 226 g/mol. The normalized spacial score (nSPS) is 22.8. The molecule has 0 aromatic rings. The standard InChI is InChI=1S/C14H26O2/c1-5-11(3)13(15)16-14(4,6-2)12-9-7-8-10-12/h11-12H,5-10H2,1-4H3. The van der Waals surface area contributed by atoms with Gasteiger partial charge in [-0.1, -0.05) is 33.6 Å². The van der Waals surface area contributed by atoms with E-state index in [2.05, 4.69) is 13.8 Å². The van der Waals surface area contributed by atoms with Gasteiger partial charge in [0.25, 0.3) is 0 Å². The van der Waals surface area contributed by atoms with Gasteiger partial charge in [-0.05, 0) is 38.5 Å². The van der Waals surface area contributed by atoms with E-state index in [1.807, 2.05) is 13.8 Å². The minimum Gasteiger partial charge on any atom is -0.459 e. The molecule has 2 unspecified atom stereocenters. The van der Waals surface area contributed by atoms with E-state index in [-0.39, 0.29) is 17.5 Å². The lowest BCUT2D eigenvalue weighted by Crippen LogP contribution is -2.39. The van der Waals surface area contributed by atoms with Gasteiger partial charge in [-0.15, -0.1) is 0 Å². The van der Waals surface area contributed by atoms with Gasteiger partial charge in [-0.3, -0.25) is 4.79 Å². The highest BCUT2D eigenvalue weighted by molar-refractivity contribution is 5.72. The van der Waals surface area contributed by atoms with E-state index < -0.39 is 0 Å². The van der Waals surface area contributed by atoms with Crippen LogP contribution in [0.5, 0.6) is 0 Å². The van der Waals surface area contributed by atoms with Crippen molar-refractivity contribution < 1.29 is 9.53 Å². The van der Waals surface area contributed by atoms with Crippen LogP contribution in [0.15, 0.2) is 0 Å². The second-order valence-electron chi connectivity index (χ2n) is 5.38. The Hall–Kier alpha value is -0.530. The fourth-order valence-corrected chi connectivity index (χ4v) is 2.48. The molecule has 94 valence electrons. The number of carbonyl (C=O) groups excluding carboxylic acids is 1. The molecule has 0 amide bonds. The van der Waals surface area contributed by atoms with Crippen LogP contribution >= 0.6 is 0 Å². The summed E-state index contributed by atoms with van der Waals surface area (Å²) in [5, 5.41) is 0. The summed E-state index contributed by atoms with van der Waals surface area (Å²) in [4.78, 5) is 11.9. The van der Waals surface area contributed by atoms with Gasteiger partial charge in [-0.2, -0.15) is 0 Å². The summed E-state index contributed by atoms with van der Waals surface area (Å²) in [5.74, 6) is 0.594. The van der Waals surface area contributed by atoms with Gasteiger partial charge in [0.05, 0.1) is 5.92 Å². The quantitative estimate of drug-likeness (QED) is 0.664. The zero-order valence-electron chi connectivity index (χ0n) is 11.2. The zero-order chi connectivity index (χ0) is 12.2. The molecule has 0 aromatic carbocycles. The molecular weight excluding hydrogens is 200 g/mol. The lowest BCUT2D eigenvalue weighted by Gasteiger charge is -2.35. The van der Waals surface area contributed by atoms with Gasteiger partial charge in [0, 0.05) is 0 Å². The minimum atomic E-state index is -0.225. The summed E-state index contributed by atoms with van der Waals surface area (Å²) in [6.45, 7) is 8.23. The zero-order valence-corrected chi connectivity index (χ0v) is 11.2. The highest BCUT2D eigenvalue weighted by Gasteiger charge is 2.38. The fourth-order valence-electron chi connectivity index (χ4n) is 2.48. The second-order valence-corrected chi connectivity index (χ2v) is 5.38. The summed E-state index contributed by atoms with van der Waals surface area (Å²) in [7, 11) is 0. The van der Waals surface area contributed by atoms with Gasteiger partial charge in [0.2, 0.25) is 0 Å². The van der Waals surface area contributed by atoms with E-state index in [9.17, 15) is 4.79 Å². The molecule has 1 aliphatic carbocycles. The van der Waals surface area contributed by atoms with Crippen LogP contribution < -0.4 is 0 Å². The molecule has 1 rings (SSSR count). The van der Waals surface area contributed by atoms with Crippen molar-refractivity contribution >= 4 is 5.97 Å². The van der Waals surface area contributed by atoms with Crippen molar-refractivity contribution in [2.24, 2.45) is 11.8 Å². The predicted molar refractivity (Wildman–Crippen MR) is 66.2 cm³/mol. The molecule has 0 aromatic heterocycles. The summed E-state index contributed by atoms with van der Waals surface area (Å²) in [6.07, 6.45) is 6.82. The summed E-state index contributed by atoms with van der Waals surface area (Å²) in [5.41, 5.74) is -0.225. The van der Waals surface area contributed by atoms with Crippen LogP contribution in [0, 0.1) is 11.8 Å². The Bertz CT molecular complexity index is 231. The van der Waals surface area contributed by atoms with Crippen molar-refractivity contribution in [2.45, 2.75) is 71.8 Å². The maximum absolute atomic E-state index is 11.9. The first-order chi connectivity index (χ1) is 7.53. The molecule has 0 aliphatic heterocycles. The van der Waals surface area contributed by atoms with Crippen LogP contribution in [-0.4, -0.2) is 11.6 Å². The van der Waals surface area contributed by atoms with Gasteiger partial charge in [0.15, 0.2) is 0 Å². The largest absolute Gasteiger partial charge is 0.459 e. The topological polar surface area (TPSA) is 26.3 Å². The number of hydrogen-bond donors (Lipinski definition) is 0. The van der Waals surface area contributed by atoms with Crippen molar-refractivity contribution in [3.63, 3.8) is 0 Å². The van der Waals surface area contributed by atoms with E-state index in [0.29, 0.717) is 5.92 Å². The molecule has 1 fully saturated rings. The van der Waals surface area contributed by atoms with Crippen LogP contribution in [0.1, 0.15) is 66.2 Å². The molecule has 0 bridgehead atoms. The Labute approximate surface area is 99.8 Å². The molecule has 16 heavy (non-hydrogen) atoms. The van der Waals surface area contributed by atoms with Crippen molar-refractivity contribution in [1.82, 2.24) is 0 Å². The fraction of sp³-hybridized carbons (Fsp3) is 0.929. The SMILES string of the molecule is CCC(C)C(=O)OC(C)(CC)C1CCCC1. The molecule has 0 spiro atoms. The molecule has 0 radical (unpaired) electrons. The molecule has 2 atom stereocenters. The van der Waals surface area contributed by atoms with E-state index >= 15 is 0 Å². The average Bonchev–Trinajstić information content (AvgIpc) is 2.81. The summed E-state index contributed by atoms with van der Waals surface area (Å²) < 4.78 is 5.78. The van der Waals surface area contributed by atoms with Crippen LogP contribution in [0.4, 0.5) is 0 Å². The Morgan fingerprint density at radius 3 is 2.38 bits per heavy atom. The smallest absolute Gasteiger partial charge is 0.309 e. The third-order valence-electron chi connectivity index (χ3n) is 4.27. The van der Waals surface area contributed by atoms with Gasteiger partial charge in [0.1, 0.15) is 5.60 Å². The van der Waals surface area contributed by atoms with E-state index in [1.54, 1.807) is 0 Å².